The van der Waals surface area contributed by atoms with Crippen LogP contribution < -0.4 is 0 Å². The van der Waals surface area contributed by atoms with E-state index in [1.54, 1.807) is 6.92 Å². The third-order valence-corrected chi connectivity index (χ3v) is 0.363. The molecule has 0 aliphatic heterocycles. The van der Waals surface area contributed by atoms with Gasteiger partial charge < -0.3 is 4.74 Å². The number of carbonyl (C=O) groups excluding carboxylic acids is 1. The molecule has 0 unspecified atom stereocenters. The van der Waals surface area contributed by atoms with Crippen LogP contribution in [0.15, 0.2) is 12.3 Å². The first-order chi connectivity index (χ1) is 3.81. The molecule has 0 bridgehead atoms. The summed E-state index contributed by atoms with van der Waals surface area (Å²) in [7, 11) is 0. The maximum absolute atomic E-state index is 10.7. The highest BCUT2D eigenvalue weighted by Crippen LogP contribution is 1.84. The van der Waals surface area contributed by atoms with Crippen molar-refractivity contribution in [2.24, 2.45) is 0 Å². The molecule has 0 rings (SSSR count). The van der Waals surface area contributed by atoms with E-state index in [9.17, 15) is 9.32 Å². The minimum absolute atomic E-state index is 1.02. The summed E-state index contributed by atoms with van der Waals surface area (Å²) in [6.45, 7) is 1.62. The standard InChI is InChI=1S/C4H5FO3/c1-2-3-7-4(6)8-5/h2-3H,1H3. The summed E-state index contributed by atoms with van der Waals surface area (Å²) in [5, 5.41) is 0. The summed E-state index contributed by atoms with van der Waals surface area (Å²) < 4.78 is 14.6. The SMILES string of the molecule is CC=COC(=O)OF. The lowest BCUT2D eigenvalue weighted by molar-refractivity contribution is -0.0903. The molecule has 46 valence electrons. The Bertz CT molecular complexity index is 99.5. The van der Waals surface area contributed by atoms with Crippen molar-refractivity contribution in [1.29, 1.82) is 0 Å². The number of hydrogen-bond donors (Lipinski definition) is 0. The number of halogens is 1. The van der Waals surface area contributed by atoms with E-state index in [0.717, 1.165) is 6.26 Å². The molecular weight excluding hydrogens is 115 g/mol. The molecule has 0 aromatic carbocycles. The fourth-order valence-corrected chi connectivity index (χ4v) is 0.142. The summed E-state index contributed by atoms with van der Waals surface area (Å²) in [5.41, 5.74) is 0. The number of allylic oxidation sites excluding steroid dienone is 1. The van der Waals surface area contributed by atoms with E-state index >= 15 is 0 Å². The molecule has 0 spiro atoms. The van der Waals surface area contributed by atoms with Gasteiger partial charge in [-0.1, -0.05) is 6.08 Å². The molecule has 3 nitrogen and oxygen atoms in total. The predicted octanol–water partition coefficient (Wildman–Crippen LogP) is 1.56. The Balaban J connectivity index is 3.25. The molecule has 0 atom stereocenters. The van der Waals surface area contributed by atoms with E-state index in [4.69, 9.17) is 0 Å². The van der Waals surface area contributed by atoms with Crippen LogP contribution in [0.3, 0.4) is 0 Å². The van der Waals surface area contributed by atoms with Crippen molar-refractivity contribution in [2.75, 3.05) is 0 Å². The van der Waals surface area contributed by atoms with Crippen LogP contribution in [0.2, 0.25) is 0 Å². The zero-order valence-corrected chi connectivity index (χ0v) is 4.26. The van der Waals surface area contributed by atoms with E-state index in [1.807, 2.05) is 0 Å². The fourth-order valence-electron chi connectivity index (χ4n) is 0.142. The molecular formula is C4H5FO3. The highest BCUT2D eigenvalue weighted by molar-refractivity contribution is 5.59. The molecule has 0 radical (unpaired) electrons. The second-order valence-electron chi connectivity index (χ2n) is 0.914. The first-order valence-corrected chi connectivity index (χ1v) is 1.91. The maximum atomic E-state index is 10.7. The number of ether oxygens (including phenoxy) is 1. The van der Waals surface area contributed by atoms with Gasteiger partial charge in [-0.2, -0.15) is 0 Å². The van der Waals surface area contributed by atoms with Gasteiger partial charge in [0.15, 0.2) is 0 Å². The molecule has 0 N–H and O–H groups in total. The maximum Gasteiger partial charge on any atom is 0.549 e. The van der Waals surface area contributed by atoms with Crippen molar-refractivity contribution < 1.29 is 19.0 Å². The van der Waals surface area contributed by atoms with E-state index in [1.165, 1.54) is 6.08 Å². The molecule has 0 fully saturated rings. The largest absolute Gasteiger partial charge is 0.549 e. The Hall–Kier alpha value is -1.06. The molecule has 0 aromatic heterocycles. The first-order valence-electron chi connectivity index (χ1n) is 1.91. The molecule has 0 saturated carbocycles. The minimum Gasteiger partial charge on any atom is -0.401 e. The van der Waals surface area contributed by atoms with Gasteiger partial charge in [0.2, 0.25) is 0 Å². The summed E-state index contributed by atoms with van der Waals surface area (Å²) in [5.74, 6) is 0. The Morgan fingerprint density at radius 1 is 1.75 bits per heavy atom. The average Bonchev–Trinajstić information content (AvgIpc) is 1.83. The molecule has 0 saturated heterocycles. The van der Waals surface area contributed by atoms with Gasteiger partial charge in [-0.05, 0) is 6.92 Å². The Morgan fingerprint density at radius 3 is 2.75 bits per heavy atom. The first kappa shape index (κ1) is 6.94. The van der Waals surface area contributed by atoms with Gasteiger partial charge >= 0.3 is 6.16 Å². The quantitative estimate of drug-likeness (QED) is 0.389. The van der Waals surface area contributed by atoms with Crippen LogP contribution in [0.5, 0.6) is 0 Å². The monoisotopic (exact) mass is 120 g/mol. The van der Waals surface area contributed by atoms with Crippen LogP contribution in [0.4, 0.5) is 9.32 Å². The average molecular weight is 120 g/mol. The van der Waals surface area contributed by atoms with Crippen LogP contribution in [0.1, 0.15) is 6.92 Å². The van der Waals surface area contributed by atoms with E-state index < -0.39 is 6.16 Å². The Labute approximate surface area is 45.6 Å². The number of rotatable bonds is 1. The van der Waals surface area contributed by atoms with Gasteiger partial charge in [0.05, 0.1) is 6.26 Å². The third kappa shape index (κ3) is 3.14. The van der Waals surface area contributed by atoms with Gasteiger partial charge in [0.25, 0.3) is 0 Å². The van der Waals surface area contributed by atoms with E-state index in [2.05, 4.69) is 9.68 Å². The summed E-state index contributed by atoms with van der Waals surface area (Å²) >= 11 is 0. The van der Waals surface area contributed by atoms with Crippen molar-refractivity contribution in [3.05, 3.63) is 12.3 Å². The summed E-state index contributed by atoms with van der Waals surface area (Å²) in [6.07, 6.45) is 1.09. The lowest BCUT2D eigenvalue weighted by Gasteiger charge is -1.86. The minimum atomic E-state index is -1.36. The van der Waals surface area contributed by atoms with Crippen molar-refractivity contribution in [2.45, 2.75) is 6.92 Å². The molecule has 0 amide bonds. The van der Waals surface area contributed by atoms with Gasteiger partial charge in [-0.25, -0.2) is 9.74 Å². The zero-order chi connectivity index (χ0) is 6.41. The van der Waals surface area contributed by atoms with E-state index in [0.29, 0.717) is 0 Å². The molecule has 8 heavy (non-hydrogen) atoms. The van der Waals surface area contributed by atoms with Gasteiger partial charge in [-0.3, -0.25) is 0 Å². The smallest absolute Gasteiger partial charge is 0.401 e. The molecule has 4 heteroatoms. The van der Waals surface area contributed by atoms with Crippen molar-refractivity contribution in [1.82, 2.24) is 0 Å². The summed E-state index contributed by atoms with van der Waals surface area (Å²) in [6, 6.07) is 0. The molecule has 0 aromatic rings. The van der Waals surface area contributed by atoms with Gasteiger partial charge in [-0.15, -0.1) is 0 Å². The fraction of sp³-hybridized carbons (Fsp3) is 0.250. The lowest BCUT2D eigenvalue weighted by atomic mass is 10.7. The molecule has 0 aliphatic rings. The van der Waals surface area contributed by atoms with Crippen LogP contribution >= 0.6 is 0 Å². The Kier molecular flexibility index (Phi) is 3.56. The van der Waals surface area contributed by atoms with Crippen molar-refractivity contribution in [3.63, 3.8) is 0 Å². The highest BCUT2D eigenvalue weighted by atomic mass is 19.3. The lowest BCUT2D eigenvalue weighted by Crippen LogP contribution is -1.94. The topological polar surface area (TPSA) is 35.5 Å². The van der Waals surface area contributed by atoms with Crippen LogP contribution in [0, 0.1) is 0 Å². The van der Waals surface area contributed by atoms with Gasteiger partial charge in [0.1, 0.15) is 0 Å². The van der Waals surface area contributed by atoms with Crippen LogP contribution in [0.25, 0.3) is 0 Å². The normalized spacial score (nSPS) is 9.25. The predicted molar refractivity (Wildman–Crippen MR) is 23.5 cm³/mol. The molecule has 0 aliphatic carbocycles. The van der Waals surface area contributed by atoms with Crippen molar-refractivity contribution >= 4 is 6.16 Å². The summed E-state index contributed by atoms with van der Waals surface area (Å²) in [4.78, 5) is 12.3. The van der Waals surface area contributed by atoms with Gasteiger partial charge in [0, 0.05) is 4.53 Å². The Morgan fingerprint density at radius 2 is 2.38 bits per heavy atom. The number of carbonyl (C=O) groups is 1. The second kappa shape index (κ2) is 4.11. The van der Waals surface area contributed by atoms with Crippen LogP contribution in [-0.2, 0) is 9.68 Å². The number of hydrogen-bond acceptors (Lipinski definition) is 3. The van der Waals surface area contributed by atoms with Crippen LogP contribution in [-0.4, -0.2) is 6.16 Å². The molecule has 0 heterocycles. The second-order valence-corrected chi connectivity index (χ2v) is 0.914. The zero-order valence-electron chi connectivity index (χ0n) is 4.26. The third-order valence-electron chi connectivity index (χ3n) is 0.363. The van der Waals surface area contributed by atoms with Crippen molar-refractivity contribution in [3.8, 4) is 0 Å². The highest BCUT2D eigenvalue weighted by Gasteiger charge is 1.97. The van der Waals surface area contributed by atoms with E-state index in [-0.39, 0.29) is 0 Å².